The number of rotatable bonds is 5. The number of sulfonamides is 1. The second-order valence-corrected chi connectivity index (χ2v) is 11.5. The largest absolute Gasteiger partial charge is 0.382 e. The van der Waals surface area contributed by atoms with Gasteiger partial charge in [0.25, 0.3) is 0 Å². The molecule has 0 unspecified atom stereocenters. The Hall–Kier alpha value is -1.95. The first-order valence-electron chi connectivity index (χ1n) is 7.70. The predicted molar refractivity (Wildman–Crippen MR) is 107 cm³/mol. The highest BCUT2D eigenvalue weighted by Crippen LogP contribution is 3.02. The Morgan fingerprint density at radius 2 is 1.67 bits per heavy atom. The molecule has 0 saturated carbocycles. The number of nitrogens with zero attached hydrogens (tertiary/aromatic N) is 4. The van der Waals surface area contributed by atoms with E-state index in [1.54, 1.807) is 6.07 Å². The summed E-state index contributed by atoms with van der Waals surface area (Å²) in [5.74, 6) is -0.505. The van der Waals surface area contributed by atoms with Crippen molar-refractivity contribution in [2.24, 2.45) is 0 Å². The molecule has 0 aliphatic rings. The Labute approximate surface area is 178 Å². The smallest absolute Gasteiger partial charge is 0.310 e. The standard InChI is InChI=1S/C14H14Cl2F5N5O2S2/c1-7(2)26(29(3,27)28)13-11(6-22)24-25(14(13)23)12-9(15)4-8(5-10(12)16)30(17,18,19,20)21/h4-5,7H,23H2,1-3H3. The van der Waals surface area contributed by atoms with Gasteiger partial charge in [-0.1, -0.05) is 42.6 Å². The SMILES string of the molecule is CC(C)N(c1c(C#N)nn(-c2c(Cl)cc(S(F)(F)(F)(F)F)cc2Cl)c1N)S(C)(=O)=O. The second-order valence-electron chi connectivity index (χ2n) is 6.46. The van der Waals surface area contributed by atoms with Crippen LogP contribution in [-0.2, 0) is 10.0 Å². The van der Waals surface area contributed by atoms with Crippen molar-refractivity contribution in [1.82, 2.24) is 9.78 Å². The van der Waals surface area contributed by atoms with E-state index in [0.717, 1.165) is 10.6 Å². The highest BCUT2D eigenvalue weighted by molar-refractivity contribution is 8.45. The van der Waals surface area contributed by atoms with Crippen LogP contribution in [0.3, 0.4) is 0 Å². The van der Waals surface area contributed by atoms with Crippen molar-refractivity contribution in [3.05, 3.63) is 27.9 Å². The van der Waals surface area contributed by atoms with Crippen LogP contribution >= 0.6 is 33.4 Å². The number of nitrogens with two attached hydrogens (primary N) is 1. The minimum atomic E-state index is -10.1. The van der Waals surface area contributed by atoms with Gasteiger partial charge in [-0.15, -0.1) is 0 Å². The Morgan fingerprint density at radius 1 is 1.20 bits per heavy atom. The van der Waals surface area contributed by atoms with Crippen LogP contribution in [0.5, 0.6) is 0 Å². The van der Waals surface area contributed by atoms with Gasteiger partial charge in [0.1, 0.15) is 22.3 Å². The number of anilines is 2. The fourth-order valence-corrected chi connectivity index (χ4v) is 5.40. The van der Waals surface area contributed by atoms with Gasteiger partial charge in [-0.2, -0.15) is 10.4 Å². The first-order chi connectivity index (χ1) is 13.2. The van der Waals surface area contributed by atoms with E-state index < -0.39 is 58.4 Å². The van der Waals surface area contributed by atoms with Crippen LogP contribution in [-0.4, -0.2) is 30.5 Å². The van der Waals surface area contributed by atoms with Crippen molar-refractivity contribution in [2.45, 2.75) is 24.8 Å². The molecule has 2 N–H and O–H groups in total. The van der Waals surface area contributed by atoms with Crippen LogP contribution < -0.4 is 10.0 Å². The zero-order valence-electron chi connectivity index (χ0n) is 15.4. The third-order valence-corrected chi connectivity index (χ3v) is 6.72. The molecule has 1 aromatic heterocycles. The quantitative estimate of drug-likeness (QED) is 0.534. The van der Waals surface area contributed by atoms with Gasteiger partial charge in [0.15, 0.2) is 11.5 Å². The van der Waals surface area contributed by atoms with Gasteiger partial charge in [-0.25, -0.2) is 13.1 Å². The van der Waals surface area contributed by atoms with Crippen molar-refractivity contribution in [1.29, 1.82) is 5.26 Å². The maximum absolute atomic E-state index is 13.1. The van der Waals surface area contributed by atoms with Crippen LogP contribution in [0.1, 0.15) is 19.5 Å². The molecule has 0 fully saturated rings. The molecule has 0 amide bonds. The van der Waals surface area contributed by atoms with Gasteiger partial charge in [0.2, 0.25) is 10.0 Å². The molecule has 2 aromatic rings. The minimum absolute atomic E-state index is 0.0477. The Bertz CT molecular complexity index is 1170. The molecule has 1 aromatic carbocycles. The fourth-order valence-electron chi connectivity index (χ4n) is 2.66. The molecule has 168 valence electrons. The third kappa shape index (κ3) is 4.53. The lowest BCUT2D eigenvalue weighted by molar-refractivity contribution is 0.364. The molecule has 0 bridgehead atoms. The number of nitrogen functional groups attached to an aromatic ring is 1. The number of halogens is 7. The summed E-state index contributed by atoms with van der Waals surface area (Å²) in [6, 6.07) is 0.799. The number of nitriles is 1. The van der Waals surface area contributed by atoms with Gasteiger partial charge in [-0.05, 0) is 26.0 Å². The summed E-state index contributed by atoms with van der Waals surface area (Å²) in [5.41, 5.74) is 4.52. The third-order valence-electron chi connectivity index (χ3n) is 3.70. The minimum Gasteiger partial charge on any atom is -0.382 e. The molecular weight excluding hydrogens is 500 g/mol. The lowest BCUT2D eigenvalue weighted by atomic mass is 10.3. The molecule has 30 heavy (non-hydrogen) atoms. The van der Waals surface area contributed by atoms with Gasteiger partial charge in [-0.3, -0.25) is 4.31 Å². The topological polar surface area (TPSA) is 105 Å². The summed E-state index contributed by atoms with van der Waals surface area (Å²) in [4.78, 5) is -2.33. The molecule has 0 atom stereocenters. The van der Waals surface area contributed by atoms with Crippen LogP contribution in [0.25, 0.3) is 5.69 Å². The first-order valence-corrected chi connectivity index (χ1v) is 12.3. The summed E-state index contributed by atoms with van der Waals surface area (Å²) in [5, 5.41) is 11.3. The van der Waals surface area contributed by atoms with Crippen LogP contribution in [0, 0.1) is 11.3 Å². The Balaban J connectivity index is 2.87. The van der Waals surface area contributed by atoms with Crippen molar-refractivity contribution in [3.8, 4) is 11.8 Å². The summed E-state index contributed by atoms with van der Waals surface area (Å²) in [7, 11) is -14.1. The van der Waals surface area contributed by atoms with E-state index in [-0.39, 0.29) is 17.8 Å². The average Bonchev–Trinajstić information content (AvgIpc) is 2.80. The predicted octanol–water partition coefficient (Wildman–Crippen LogP) is 5.46. The molecule has 0 radical (unpaired) electrons. The van der Waals surface area contributed by atoms with Crippen molar-refractivity contribution in [3.63, 3.8) is 0 Å². The van der Waals surface area contributed by atoms with E-state index in [4.69, 9.17) is 28.9 Å². The Kier molecular flexibility index (Phi) is 5.29. The van der Waals surface area contributed by atoms with Crippen LogP contribution in [0.4, 0.5) is 30.9 Å². The number of benzene rings is 1. The normalized spacial score (nSPS) is 14.9. The van der Waals surface area contributed by atoms with Crippen molar-refractivity contribution >= 4 is 55.0 Å². The first kappa shape index (κ1) is 24.3. The summed E-state index contributed by atoms with van der Waals surface area (Å²) < 4.78 is 91.2. The molecular formula is C14H14Cl2F5N5O2S2. The molecule has 16 heteroatoms. The molecule has 2 rings (SSSR count). The number of aromatic nitrogens is 2. The zero-order valence-corrected chi connectivity index (χ0v) is 18.5. The second kappa shape index (κ2) is 6.52. The Morgan fingerprint density at radius 3 is 2.00 bits per heavy atom. The lowest BCUT2D eigenvalue weighted by Crippen LogP contribution is -2.37. The molecule has 0 spiro atoms. The average molecular weight is 514 g/mol. The van der Waals surface area contributed by atoms with Gasteiger partial charge in [0.05, 0.1) is 16.3 Å². The molecule has 1 heterocycles. The van der Waals surface area contributed by atoms with Crippen LogP contribution in [0.2, 0.25) is 10.0 Å². The van der Waals surface area contributed by atoms with Crippen LogP contribution in [0.15, 0.2) is 17.0 Å². The van der Waals surface area contributed by atoms with E-state index in [0.29, 0.717) is 4.68 Å². The van der Waals surface area contributed by atoms with E-state index in [1.165, 1.54) is 13.8 Å². The van der Waals surface area contributed by atoms with Crippen molar-refractivity contribution < 1.29 is 27.8 Å². The molecule has 0 aliphatic heterocycles. The van der Waals surface area contributed by atoms with Gasteiger partial charge < -0.3 is 5.73 Å². The molecule has 0 aliphatic carbocycles. The van der Waals surface area contributed by atoms with E-state index in [1.807, 2.05) is 0 Å². The summed E-state index contributed by atoms with van der Waals surface area (Å²) in [6.45, 7) is 2.95. The van der Waals surface area contributed by atoms with E-state index in [9.17, 15) is 33.1 Å². The number of hydrogen-bond donors (Lipinski definition) is 1. The van der Waals surface area contributed by atoms with Gasteiger partial charge >= 0.3 is 10.2 Å². The molecule has 0 saturated heterocycles. The molecule has 7 nitrogen and oxygen atoms in total. The van der Waals surface area contributed by atoms with Crippen molar-refractivity contribution in [2.75, 3.05) is 16.3 Å². The summed E-state index contributed by atoms with van der Waals surface area (Å²) in [6.07, 6.45) is 0.842. The van der Waals surface area contributed by atoms with E-state index >= 15 is 0 Å². The van der Waals surface area contributed by atoms with E-state index in [2.05, 4.69) is 5.10 Å². The summed E-state index contributed by atoms with van der Waals surface area (Å²) >= 11 is 11.6. The monoisotopic (exact) mass is 513 g/mol. The maximum atomic E-state index is 13.1. The highest BCUT2D eigenvalue weighted by atomic mass is 35.5. The highest BCUT2D eigenvalue weighted by Gasteiger charge is 2.65. The zero-order chi connectivity index (χ0) is 23.5. The maximum Gasteiger partial charge on any atom is 0.310 e. The fraction of sp³-hybridized carbons (Fsp3) is 0.286. The lowest BCUT2D eigenvalue weighted by Gasteiger charge is -2.40. The number of hydrogen-bond acceptors (Lipinski definition) is 5. The van der Waals surface area contributed by atoms with Gasteiger partial charge in [0, 0.05) is 6.04 Å².